The third-order valence-electron chi connectivity index (χ3n) is 5.16. The zero-order chi connectivity index (χ0) is 15.2. The van der Waals surface area contributed by atoms with Crippen LogP contribution >= 0.6 is 0 Å². The SMILES string of the molecule is c1cc2c(cc1Nc1nc(C3CC3)no1)CCN1CCNCC21. The van der Waals surface area contributed by atoms with Crippen molar-refractivity contribution in [3.8, 4) is 0 Å². The molecule has 1 atom stereocenters. The van der Waals surface area contributed by atoms with Crippen molar-refractivity contribution in [1.82, 2.24) is 20.4 Å². The summed E-state index contributed by atoms with van der Waals surface area (Å²) in [5.74, 6) is 1.36. The van der Waals surface area contributed by atoms with Gasteiger partial charge in [0.1, 0.15) is 0 Å². The van der Waals surface area contributed by atoms with Gasteiger partial charge in [-0.05, 0) is 42.5 Å². The van der Waals surface area contributed by atoms with Gasteiger partial charge in [-0.15, -0.1) is 0 Å². The quantitative estimate of drug-likeness (QED) is 0.906. The largest absolute Gasteiger partial charge is 0.325 e. The number of hydrogen-bond acceptors (Lipinski definition) is 6. The predicted molar refractivity (Wildman–Crippen MR) is 86.9 cm³/mol. The lowest BCUT2D eigenvalue weighted by molar-refractivity contribution is 0.152. The number of aromatic nitrogens is 2. The zero-order valence-electron chi connectivity index (χ0n) is 13.1. The van der Waals surface area contributed by atoms with E-state index in [1.54, 1.807) is 0 Å². The third-order valence-corrected chi connectivity index (χ3v) is 5.16. The Labute approximate surface area is 135 Å². The van der Waals surface area contributed by atoms with Gasteiger partial charge in [-0.1, -0.05) is 11.2 Å². The minimum atomic E-state index is 0.503. The summed E-state index contributed by atoms with van der Waals surface area (Å²) in [5, 5.41) is 10.8. The molecule has 1 aliphatic carbocycles. The fraction of sp³-hybridized carbons (Fsp3) is 0.529. The maximum Gasteiger partial charge on any atom is 0.325 e. The van der Waals surface area contributed by atoms with Crippen LogP contribution in [0.1, 0.15) is 41.8 Å². The number of fused-ring (bicyclic) bond motifs is 3. The average Bonchev–Trinajstić information content (AvgIpc) is 3.34. The summed E-state index contributed by atoms with van der Waals surface area (Å²) in [6.45, 7) is 4.45. The second-order valence-corrected chi connectivity index (χ2v) is 6.78. The van der Waals surface area contributed by atoms with E-state index >= 15 is 0 Å². The Morgan fingerprint density at radius 2 is 2.22 bits per heavy atom. The van der Waals surface area contributed by atoms with Crippen LogP contribution in [-0.2, 0) is 6.42 Å². The van der Waals surface area contributed by atoms with Crippen LogP contribution in [0.4, 0.5) is 11.7 Å². The molecule has 6 nitrogen and oxygen atoms in total. The molecule has 1 aromatic carbocycles. The van der Waals surface area contributed by atoms with Gasteiger partial charge in [-0.25, -0.2) is 0 Å². The lowest BCUT2D eigenvalue weighted by Crippen LogP contribution is -2.48. The highest BCUT2D eigenvalue weighted by Crippen LogP contribution is 2.39. The van der Waals surface area contributed by atoms with Crippen molar-refractivity contribution in [3.63, 3.8) is 0 Å². The average molecular weight is 311 g/mol. The maximum atomic E-state index is 5.31. The number of rotatable bonds is 3. The van der Waals surface area contributed by atoms with Gasteiger partial charge in [-0.2, -0.15) is 4.98 Å². The molecule has 3 aliphatic rings. The Kier molecular flexibility index (Phi) is 3.12. The van der Waals surface area contributed by atoms with Crippen LogP contribution < -0.4 is 10.6 Å². The number of hydrogen-bond donors (Lipinski definition) is 2. The molecule has 3 heterocycles. The Balaban J connectivity index is 1.37. The van der Waals surface area contributed by atoms with Crippen LogP contribution in [0.2, 0.25) is 0 Å². The summed E-state index contributed by atoms with van der Waals surface area (Å²) in [6, 6.07) is 7.63. The minimum absolute atomic E-state index is 0.503. The lowest BCUT2D eigenvalue weighted by atomic mass is 9.91. The molecule has 2 fully saturated rings. The van der Waals surface area contributed by atoms with Crippen molar-refractivity contribution in [3.05, 3.63) is 35.2 Å². The minimum Gasteiger partial charge on any atom is -0.315 e. The fourth-order valence-corrected chi connectivity index (χ4v) is 3.73. The van der Waals surface area contributed by atoms with Crippen molar-refractivity contribution in [2.45, 2.75) is 31.2 Å². The highest BCUT2D eigenvalue weighted by Gasteiger charge is 2.30. The van der Waals surface area contributed by atoms with E-state index in [2.05, 4.69) is 43.9 Å². The van der Waals surface area contributed by atoms with E-state index in [1.807, 2.05) is 0 Å². The van der Waals surface area contributed by atoms with Crippen molar-refractivity contribution in [2.24, 2.45) is 0 Å². The predicted octanol–water partition coefficient (Wildman–Crippen LogP) is 2.19. The monoisotopic (exact) mass is 311 g/mol. The lowest BCUT2D eigenvalue weighted by Gasteiger charge is -2.41. The number of nitrogens with one attached hydrogen (secondary N) is 2. The van der Waals surface area contributed by atoms with Gasteiger partial charge in [-0.3, -0.25) is 4.90 Å². The van der Waals surface area contributed by atoms with E-state index in [0.29, 0.717) is 18.0 Å². The summed E-state index contributed by atoms with van der Waals surface area (Å²) in [6.07, 6.45) is 3.48. The van der Waals surface area contributed by atoms with Crippen LogP contribution in [0.15, 0.2) is 22.7 Å². The molecule has 1 aromatic heterocycles. The molecule has 2 aliphatic heterocycles. The van der Waals surface area contributed by atoms with E-state index in [1.165, 1.54) is 24.0 Å². The van der Waals surface area contributed by atoms with E-state index in [9.17, 15) is 0 Å². The first-order chi connectivity index (χ1) is 11.4. The first-order valence-corrected chi connectivity index (χ1v) is 8.55. The smallest absolute Gasteiger partial charge is 0.315 e. The molecular weight excluding hydrogens is 290 g/mol. The maximum absolute atomic E-state index is 5.31. The second kappa shape index (κ2) is 5.32. The highest BCUT2D eigenvalue weighted by molar-refractivity contribution is 5.56. The Morgan fingerprint density at radius 1 is 1.26 bits per heavy atom. The molecular formula is C17H21N5O. The van der Waals surface area contributed by atoms with Gasteiger partial charge < -0.3 is 15.2 Å². The molecule has 1 saturated heterocycles. The highest BCUT2D eigenvalue weighted by atomic mass is 16.5. The second-order valence-electron chi connectivity index (χ2n) is 6.78. The Morgan fingerprint density at radius 3 is 3.13 bits per heavy atom. The van der Waals surface area contributed by atoms with Crippen molar-refractivity contribution >= 4 is 11.7 Å². The Bertz CT molecular complexity index is 724. The molecule has 0 bridgehead atoms. The van der Waals surface area contributed by atoms with E-state index in [0.717, 1.165) is 44.1 Å². The summed E-state index contributed by atoms with van der Waals surface area (Å²) in [5.41, 5.74) is 3.92. The molecule has 1 unspecified atom stereocenters. The molecule has 2 N–H and O–H groups in total. The summed E-state index contributed by atoms with van der Waals surface area (Å²) >= 11 is 0. The molecule has 6 heteroatoms. The van der Waals surface area contributed by atoms with Gasteiger partial charge in [0.05, 0.1) is 0 Å². The van der Waals surface area contributed by atoms with E-state index in [4.69, 9.17) is 4.52 Å². The molecule has 120 valence electrons. The first kappa shape index (κ1) is 13.5. The van der Waals surface area contributed by atoms with Crippen molar-refractivity contribution in [2.75, 3.05) is 31.5 Å². The van der Waals surface area contributed by atoms with Crippen molar-refractivity contribution < 1.29 is 4.52 Å². The van der Waals surface area contributed by atoms with Crippen molar-refractivity contribution in [1.29, 1.82) is 0 Å². The fourth-order valence-electron chi connectivity index (χ4n) is 3.73. The van der Waals surface area contributed by atoms with Crippen LogP contribution in [0.3, 0.4) is 0 Å². The van der Waals surface area contributed by atoms with Crippen LogP contribution in [0.5, 0.6) is 0 Å². The summed E-state index contributed by atoms with van der Waals surface area (Å²) in [4.78, 5) is 7.03. The molecule has 0 amide bonds. The van der Waals surface area contributed by atoms with Crippen LogP contribution in [0.25, 0.3) is 0 Å². The summed E-state index contributed by atoms with van der Waals surface area (Å²) < 4.78 is 5.31. The molecule has 0 spiro atoms. The Hall–Kier alpha value is -1.92. The van der Waals surface area contributed by atoms with Crippen LogP contribution in [0, 0.1) is 0 Å². The molecule has 5 rings (SSSR count). The normalized spacial score (nSPS) is 24.1. The third kappa shape index (κ3) is 2.52. The number of nitrogens with zero attached hydrogens (tertiary/aromatic N) is 3. The number of piperazine rings is 1. The first-order valence-electron chi connectivity index (χ1n) is 8.55. The zero-order valence-corrected chi connectivity index (χ0v) is 13.1. The van der Waals surface area contributed by atoms with E-state index < -0.39 is 0 Å². The van der Waals surface area contributed by atoms with Gasteiger partial charge in [0.15, 0.2) is 5.82 Å². The molecule has 1 saturated carbocycles. The van der Waals surface area contributed by atoms with Gasteiger partial charge in [0, 0.05) is 43.8 Å². The van der Waals surface area contributed by atoms with Gasteiger partial charge in [0.25, 0.3) is 0 Å². The number of benzene rings is 1. The van der Waals surface area contributed by atoms with Crippen LogP contribution in [-0.4, -0.2) is 41.2 Å². The standard InChI is InChI=1S/C17H21N5O/c1-2-11(1)16-20-17(23-21-16)19-13-3-4-14-12(9-13)5-7-22-8-6-18-10-15(14)22/h3-4,9,11,15,18H,1-2,5-8,10H2,(H,19,20,21). The molecule has 2 aromatic rings. The van der Waals surface area contributed by atoms with Gasteiger partial charge in [0.2, 0.25) is 0 Å². The number of anilines is 2. The van der Waals surface area contributed by atoms with Gasteiger partial charge >= 0.3 is 6.01 Å². The summed E-state index contributed by atoms with van der Waals surface area (Å²) in [7, 11) is 0. The van der Waals surface area contributed by atoms with E-state index in [-0.39, 0.29) is 0 Å². The topological polar surface area (TPSA) is 66.2 Å². The molecule has 0 radical (unpaired) electrons. The molecule has 23 heavy (non-hydrogen) atoms.